The van der Waals surface area contributed by atoms with Crippen LogP contribution in [-0.4, -0.2) is 47.3 Å². The van der Waals surface area contributed by atoms with E-state index in [0.29, 0.717) is 23.4 Å². The van der Waals surface area contributed by atoms with Gasteiger partial charge in [-0.25, -0.2) is 4.79 Å². The lowest BCUT2D eigenvalue weighted by Crippen LogP contribution is -2.38. The molecule has 1 fully saturated rings. The highest BCUT2D eigenvalue weighted by atomic mass is 16.5. The zero-order chi connectivity index (χ0) is 24.2. The Morgan fingerprint density at radius 3 is 2.24 bits per heavy atom. The molecule has 1 unspecified atom stereocenters. The Bertz CT molecular complexity index is 1100. The molecule has 34 heavy (non-hydrogen) atoms. The number of benzene rings is 2. The molecule has 1 saturated heterocycles. The van der Waals surface area contributed by atoms with Crippen molar-refractivity contribution in [2.75, 3.05) is 19.7 Å². The molecule has 0 N–H and O–H groups in total. The van der Waals surface area contributed by atoms with E-state index in [9.17, 15) is 14.4 Å². The molecule has 0 aliphatic carbocycles. The largest absolute Gasteiger partial charge is 0.463 e. The minimum atomic E-state index is -0.380. The number of ether oxygens (including phenoxy) is 1. The van der Waals surface area contributed by atoms with E-state index in [-0.39, 0.29) is 36.7 Å². The van der Waals surface area contributed by atoms with Crippen LogP contribution in [0.15, 0.2) is 59.8 Å². The molecule has 6 nitrogen and oxygen atoms in total. The summed E-state index contributed by atoms with van der Waals surface area (Å²) in [6.45, 7) is 7.84. The van der Waals surface area contributed by atoms with E-state index in [1.165, 1.54) is 0 Å². The van der Waals surface area contributed by atoms with Crippen LogP contribution in [0, 0.1) is 6.92 Å². The summed E-state index contributed by atoms with van der Waals surface area (Å²) in [4.78, 5) is 42.3. The molecule has 2 aliphatic rings. The number of amides is 2. The first-order chi connectivity index (χ1) is 16.4. The monoisotopic (exact) mass is 460 g/mol. The third-order valence-electron chi connectivity index (χ3n) is 6.73. The van der Waals surface area contributed by atoms with Gasteiger partial charge >= 0.3 is 5.97 Å². The summed E-state index contributed by atoms with van der Waals surface area (Å²) in [6.07, 6.45) is 2.32. The number of allylic oxidation sites excluding steroid dienone is 1. The van der Waals surface area contributed by atoms with Crippen LogP contribution in [0.5, 0.6) is 0 Å². The Morgan fingerprint density at radius 1 is 0.971 bits per heavy atom. The van der Waals surface area contributed by atoms with Crippen molar-refractivity contribution in [3.05, 3.63) is 82.1 Å². The van der Waals surface area contributed by atoms with Crippen LogP contribution in [-0.2, 0) is 20.9 Å². The quantitative estimate of drug-likeness (QED) is 0.592. The second-order valence-corrected chi connectivity index (χ2v) is 9.06. The number of esters is 1. The molecular formula is C28H32N2O4. The highest BCUT2D eigenvalue weighted by Gasteiger charge is 2.36. The Hall–Kier alpha value is -3.41. The van der Waals surface area contributed by atoms with E-state index in [2.05, 4.69) is 0 Å². The Kier molecular flexibility index (Phi) is 7.15. The molecule has 2 aromatic carbocycles. The minimum absolute atomic E-state index is 0.0339. The van der Waals surface area contributed by atoms with Gasteiger partial charge in [-0.2, -0.15) is 0 Å². The molecule has 0 spiro atoms. The van der Waals surface area contributed by atoms with Crippen LogP contribution < -0.4 is 0 Å². The number of rotatable bonds is 6. The van der Waals surface area contributed by atoms with Gasteiger partial charge in [0.05, 0.1) is 18.7 Å². The summed E-state index contributed by atoms with van der Waals surface area (Å²) < 4.78 is 5.37. The number of carbonyl (C=O) groups excluding carboxylic acids is 3. The summed E-state index contributed by atoms with van der Waals surface area (Å²) in [5.74, 6) is -0.688. The van der Waals surface area contributed by atoms with Crippen LogP contribution in [0.3, 0.4) is 0 Å². The Balaban J connectivity index is 1.59. The van der Waals surface area contributed by atoms with E-state index in [1.807, 2.05) is 67.3 Å². The second kappa shape index (κ2) is 10.2. The normalized spacial score (nSPS) is 18.4. The smallest absolute Gasteiger partial charge is 0.336 e. The van der Waals surface area contributed by atoms with Crippen LogP contribution in [0.4, 0.5) is 0 Å². The van der Waals surface area contributed by atoms with E-state index in [0.717, 1.165) is 42.6 Å². The number of hydrogen-bond donors (Lipinski definition) is 0. The van der Waals surface area contributed by atoms with Gasteiger partial charge in [-0.3, -0.25) is 9.59 Å². The van der Waals surface area contributed by atoms with Crippen molar-refractivity contribution in [1.82, 2.24) is 9.80 Å². The maximum Gasteiger partial charge on any atom is 0.336 e. The molecule has 0 bridgehead atoms. The van der Waals surface area contributed by atoms with Gasteiger partial charge < -0.3 is 14.5 Å². The number of aryl methyl sites for hydroxylation is 1. The first-order valence-electron chi connectivity index (χ1n) is 12.0. The van der Waals surface area contributed by atoms with Gasteiger partial charge in [-0.15, -0.1) is 0 Å². The van der Waals surface area contributed by atoms with Crippen molar-refractivity contribution < 1.29 is 19.1 Å². The first-order valence-corrected chi connectivity index (χ1v) is 12.0. The van der Waals surface area contributed by atoms with Gasteiger partial charge in [0, 0.05) is 36.7 Å². The third kappa shape index (κ3) is 4.91. The number of hydrogen-bond acceptors (Lipinski definition) is 4. The van der Waals surface area contributed by atoms with Crippen LogP contribution >= 0.6 is 0 Å². The summed E-state index contributed by atoms with van der Waals surface area (Å²) in [5.41, 5.74) is 4.78. The molecule has 2 heterocycles. The predicted octanol–water partition coefficient (Wildman–Crippen LogP) is 4.58. The van der Waals surface area contributed by atoms with Gasteiger partial charge in [-0.05, 0) is 56.9 Å². The zero-order valence-corrected chi connectivity index (χ0v) is 20.2. The standard InChI is InChI=1S/C28H32N2O4/c1-4-34-28(33)26-20(3)30(25(31)17-24(26)22-11-7-19(2)8-12-22)18-21-9-13-23(14-10-21)27(32)29-15-5-6-16-29/h7-14,24H,4-6,15-18H2,1-3H3. The molecule has 6 heteroatoms. The number of likely N-dealkylation sites (tertiary alicyclic amines) is 1. The third-order valence-corrected chi connectivity index (χ3v) is 6.73. The summed E-state index contributed by atoms with van der Waals surface area (Å²) >= 11 is 0. The fourth-order valence-electron chi connectivity index (χ4n) is 4.80. The van der Waals surface area contributed by atoms with Gasteiger partial charge in [0.2, 0.25) is 5.91 Å². The molecule has 0 aromatic heterocycles. The van der Waals surface area contributed by atoms with Gasteiger partial charge in [0.15, 0.2) is 0 Å². The van der Waals surface area contributed by atoms with Crippen LogP contribution in [0.2, 0.25) is 0 Å². The van der Waals surface area contributed by atoms with Gasteiger partial charge in [0.1, 0.15) is 0 Å². The second-order valence-electron chi connectivity index (χ2n) is 9.06. The van der Waals surface area contributed by atoms with Crippen molar-refractivity contribution in [1.29, 1.82) is 0 Å². The number of carbonyl (C=O) groups is 3. The highest BCUT2D eigenvalue weighted by Crippen LogP contribution is 2.37. The minimum Gasteiger partial charge on any atom is -0.463 e. The molecule has 2 aromatic rings. The topological polar surface area (TPSA) is 66.9 Å². The van der Waals surface area contributed by atoms with Crippen molar-refractivity contribution in [3.8, 4) is 0 Å². The summed E-state index contributed by atoms with van der Waals surface area (Å²) in [6, 6.07) is 15.4. The average Bonchev–Trinajstić information content (AvgIpc) is 3.37. The van der Waals surface area contributed by atoms with E-state index in [1.54, 1.807) is 11.8 Å². The summed E-state index contributed by atoms with van der Waals surface area (Å²) in [7, 11) is 0. The van der Waals surface area contributed by atoms with Crippen molar-refractivity contribution in [3.63, 3.8) is 0 Å². The fraction of sp³-hybridized carbons (Fsp3) is 0.393. The van der Waals surface area contributed by atoms with Crippen molar-refractivity contribution in [2.24, 2.45) is 0 Å². The van der Waals surface area contributed by atoms with Crippen molar-refractivity contribution in [2.45, 2.75) is 52.5 Å². The van der Waals surface area contributed by atoms with Gasteiger partial charge in [-0.1, -0.05) is 42.0 Å². The average molecular weight is 461 g/mol. The lowest BCUT2D eigenvalue weighted by molar-refractivity contribution is -0.140. The molecule has 178 valence electrons. The highest BCUT2D eigenvalue weighted by molar-refractivity contribution is 5.96. The van der Waals surface area contributed by atoms with Gasteiger partial charge in [0.25, 0.3) is 5.91 Å². The Morgan fingerprint density at radius 2 is 1.62 bits per heavy atom. The van der Waals surface area contributed by atoms with Crippen LogP contribution in [0.25, 0.3) is 0 Å². The predicted molar refractivity (Wildman–Crippen MR) is 130 cm³/mol. The molecule has 1 atom stereocenters. The molecule has 0 saturated carbocycles. The fourth-order valence-corrected chi connectivity index (χ4v) is 4.80. The molecular weight excluding hydrogens is 428 g/mol. The summed E-state index contributed by atoms with van der Waals surface area (Å²) in [5, 5.41) is 0. The Labute approximate surface area is 201 Å². The lowest BCUT2D eigenvalue weighted by atomic mass is 9.83. The number of nitrogens with zero attached hydrogens (tertiary/aromatic N) is 2. The first kappa shape index (κ1) is 23.7. The van der Waals surface area contributed by atoms with Crippen LogP contribution in [0.1, 0.15) is 66.1 Å². The molecule has 2 amide bonds. The van der Waals surface area contributed by atoms with Crippen molar-refractivity contribution >= 4 is 17.8 Å². The lowest BCUT2D eigenvalue weighted by Gasteiger charge is -2.34. The van der Waals surface area contributed by atoms with E-state index < -0.39 is 0 Å². The molecule has 0 radical (unpaired) electrons. The molecule has 2 aliphatic heterocycles. The SMILES string of the molecule is CCOC(=O)C1=C(C)N(Cc2ccc(C(=O)N3CCCC3)cc2)C(=O)CC1c1ccc(C)cc1. The van der Waals surface area contributed by atoms with E-state index >= 15 is 0 Å². The zero-order valence-electron chi connectivity index (χ0n) is 20.2. The van der Waals surface area contributed by atoms with E-state index in [4.69, 9.17) is 4.74 Å². The maximum atomic E-state index is 13.2. The molecule has 4 rings (SSSR count). The maximum absolute atomic E-state index is 13.2.